The first-order chi connectivity index (χ1) is 19.7. The van der Waals surface area contributed by atoms with Crippen molar-refractivity contribution in [2.45, 2.75) is 12.6 Å². The number of nitrogens with one attached hydrogen (secondary N) is 3. The average molecular weight is 565 g/mol. The first-order valence-electron chi connectivity index (χ1n) is 12.6. The maximum atomic E-state index is 13.5. The molecule has 3 aromatic carbocycles. The lowest BCUT2D eigenvalue weighted by atomic mass is 10.0. The van der Waals surface area contributed by atoms with Crippen LogP contribution in [0, 0.1) is 11.3 Å². The zero-order valence-electron chi connectivity index (χ0n) is 21.7. The molecule has 12 heteroatoms. The Labute approximate surface area is 233 Å². The number of benzene rings is 3. The lowest BCUT2D eigenvalue weighted by Gasteiger charge is -2.18. The molecule has 1 amide bonds. The molecule has 0 fully saturated rings. The van der Waals surface area contributed by atoms with Gasteiger partial charge < -0.3 is 26.2 Å². The Morgan fingerprint density at radius 3 is 2.41 bits per heavy atom. The van der Waals surface area contributed by atoms with Crippen molar-refractivity contribution in [3.05, 3.63) is 101 Å². The van der Waals surface area contributed by atoms with Crippen LogP contribution in [0.1, 0.15) is 32.9 Å². The topological polar surface area (TPSA) is 135 Å². The lowest BCUT2D eigenvalue weighted by Crippen LogP contribution is -2.17. The van der Waals surface area contributed by atoms with Crippen molar-refractivity contribution in [2.24, 2.45) is 0 Å². The molecule has 0 aliphatic rings. The molecule has 0 saturated heterocycles. The van der Waals surface area contributed by atoms with Crippen LogP contribution in [0.4, 0.5) is 30.2 Å². The Bertz CT molecular complexity index is 1560. The number of amides is 1. The lowest BCUT2D eigenvalue weighted by molar-refractivity contribution is -0.141. The number of para-hydroxylation sites is 1. The van der Waals surface area contributed by atoms with Crippen molar-refractivity contribution in [3.63, 3.8) is 0 Å². The van der Waals surface area contributed by atoms with Gasteiger partial charge in [0.15, 0.2) is 5.69 Å². The van der Waals surface area contributed by atoms with Crippen LogP contribution in [0.2, 0.25) is 0 Å². The normalized spacial score (nSPS) is 11.1. The molecule has 0 bridgehead atoms. The van der Waals surface area contributed by atoms with Gasteiger partial charge in [-0.3, -0.25) is 4.79 Å². The monoisotopic (exact) mass is 564 g/mol. The highest BCUT2D eigenvalue weighted by molar-refractivity contribution is 6.03. The number of halogens is 3. The van der Waals surface area contributed by atoms with E-state index in [2.05, 4.69) is 21.0 Å². The molecule has 1 heterocycles. The Morgan fingerprint density at radius 1 is 0.951 bits per heavy atom. The van der Waals surface area contributed by atoms with Gasteiger partial charge in [-0.15, -0.1) is 0 Å². The van der Waals surface area contributed by atoms with Crippen molar-refractivity contribution in [1.82, 2.24) is 9.78 Å². The number of aliphatic hydroxyl groups is 2. The summed E-state index contributed by atoms with van der Waals surface area (Å²) in [7, 11) is 0. The fourth-order valence-electron chi connectivity index (χ4n) is 4.23. The van der Waals surface area contributed by atoms with Gasteiger partial charge in [-0.05, 0) is 53.9 Å². The molecule has 5 N–H and O–H groups in total. The summed E-state index contributed by atoms with van der Waals surface area (Å²) in [5, 5.41) is 40.3. The van der Waals surface area contributed by atoms with Crippen molar-refractivity contribution >= 4 is 23.0 Å². The van der Waals surface area contributed by atoms with Crippen LogP contribution in [-0.4, -0.2) is 52.2 Å². The zero-order chi connectivity index (χ0) is 29.4. The van der Waals surface area contributed by atoms with Gasteiger partial charge in [0, 0.05) is 24.8 Å². The minimum absolute atomic E-state index is 0.0570. The fourth-order valence-corrected chi connectivity index (χ4v) is 4.23. The predicted octanol–water partition coefficient (Wildman–Crippen LogP) is 4.41. The van der Waals surface area contributed by atoms with Crippen LogP contribution in [0.5, 0.6) is 0 Å². The van der Waals surface area contributed by atoms with E-state index in [9.17, 15) is 33.4 Å². The molecule has 41 heavy (non-hydrogen) atoms. The van der Waals surface area contributed by atoms with E-state index in [1.165, 1.54) is 24.3 Å². The molecule has 0 spiro atoms. The first-order valence-corrected chi connectivity index (χ1v) is 12.6. The van der Waals surface area contributed by atoms with E-state index in [1.54, 1.807) is 18.2 Å². The van der Waals surface area contributed by atoms with Gasteiger partial charge in [0.1, 0.15) is 5.69 Å². The first kappa shape index (κ1) is 29.1. The van der Waals surface area contributed by atoms with Gasteiger partial charge in [-0.25, -0.2) is 4.68 Å². The quantitative estimate of drug-likeness (QED) is 0.182. The number of carbonyl (C=O) groups excluding carboxylic acids is 1. The third-order valence-electron chi connectivity index (χ3n) is 6.02. The number of rotatable bonds is 11. The minimum Gasteiger partial charge on any atom is -0.395 e. The molecular weight excluding hydrogens is 537 g/mol. The fraction of sp³-hybridized carbons (Fsp3) is 0.207. The Balaban J connectivity index is 1.62. The van der Waals surface area contributed by atoms with Gasteiger partial charge in [0.05, 0.1) is 41.9 Å². The van der Waals surface area contributed by atoms with Gasteiger partial charge in [-0.1, -0.05) is 30.3 Å². The minimum atomic E-state index is -4.78. The Morgan fingerprint density at radius 2 is 1.68 bits per heavy atom. The van der Waals surface area contributed by atoms with E-state index in [1.807, 2.05) is 30.3 Å². The number of aromatic nitrogens is 2. The molecule has 0 atom stereocenters. The Hall–Kier alpha value is -4.86. The predicted molar refractivity (Wildman–Crippen MR) is 148 cm³/mol. The summed E-state index contributed by atoms with van der Waals surface area (Å²) in [5.74, 6) is -0.812. The van der Waals surface area contributed by atoms with E-state index in [4.69, 9.17) is 0 Å². The largest absolute Gasteiger partial charge is 0.435 e. The number of anilines is 3. The van der Waals surface area contributed by atoms with Crippen LogP contribution in [0.25, 0.3) is 5.69 Å². The van der Waals surface area contributed by atoms with E-state index >= 15 is 0 Å². The number of carbonyl (C=O) groups is 1. The SMILES string of the molecule is N#Cc1cccc(-n2nc(C(F)(F)F)cc2C(=O)Nc2cccc(Cc3cccc(NCCO)c3NCCO)c2)c1. The summed E-state index contributed by atoms with van der Waals surface area (Å²) in [6, 6.07) is 20.9. The van der Waals surface area contributed by atoms with Crippen LogP contribution >= 0.6 is 0 Å². The second-order valence-electron chi connectivity index (χ2n) is 8.96. The van der Waals surface area contributed by atoms with E-state index < -0.39 is 17.8 Å². The number of hydrogen-bond acceptors (Lipinski definition) is 7. The molecule has 4 rings (SSSR count). The second kappa shape index (κ2) is 13.0. The van der Waals surface area contributed by atoms with Crippen LogP contribution < -0.4 is 16.0 Å². The average Bonchev–Trinajstić information content (AvgIpc) is 3.43. The zero-order valence-corrected chi connectivity index (χ0v) is 21.7. The van der Waals surface area contributed by atoms with Crippen LogP contribution in [0.15, 0.2) is 72.8 Å². The molecule has 0 saturated carbocycles. The van der Waals surface area contributed by atoms with E-state index in [0.29, 0.717) is 31.3 Å². The summed E-state index contributed by atoms with van der Waals surface area (Å²) < 4.78 is 41.4. The van der Waals surface area contributed by atoms with E-state index in [-0.39, 0.29) is 30.2 Å². The van der Waals surface area contributed by atoms with E-state index in [0.717, 1.165) is 27.2 Å². The summed E-state index contributed by atoms with van der Waals surface area (Å²) in [4.78, 5) is 13.2. The number of nitrogens with zero attached hydrogens (tertiary/aromatic N) is 3. The summed E-state index contributed by atoms with van der Waals surface area (Å²) in [5.41, 5.74) is 2.31. The molecule has 1 aromatic heterocycles. The Kier molecular flexibility index (Phi) is 9.23. The summed E-state index contributed by atoms with van der Waals surface area (Å²) in [6.45, 7) is 0.513. The maximum Gasteiger partial charge on any atom is 0.435 e. The number of alkyl halides is 3. The smallest absolute Gasteiger partial charge is 0.395 e. The number of hydrogen-bond donors (Lipinski definition) is 5. The molecule has 0 unspecified atom stereocenters. The molecule has 0 radical (unpaired) electrons. The van der Waals surface area contributed by atoms with Crippen molar-refractivity contribution in [1.29, 1.82) is 5.26 Å². The van der Waals surface area contributed by atoms with Crippen LogP contribution in [-0.2, 0) is 12.6 Å². The van der Waals surface area contributed by atoms with Crippen molar-refractivity contribution in [3.8, 4) is 11.8 Å². The molecule has 0 aliphatic carbocycles. The van der Waals surface area contributed by atoms with Crippen molar-refractivity contribution in [2.75, 3.05) is 42.3 Å². The molecule has 212 valence electrons. The van der Waals surface area contributed by atoms with Gasteiger partial charge in [0.2, 0.25) is 0 Å². The second-order valence-corrected chi connectivity index (χ2v) is 8.96. The molecular formula is C29H27F3N6O3. The third kappa shape index (κ3) is 7.21. The number of aliphatic hydroxyl groups excluding tert-OH is 2. The standard InChI is InChI=1S/C29H27F3N6O3/c30-29(31,32)26-17-25(38(37-26)23-8-2-5-20(16-23)18-33)28(41)36-22-7-1-4-19(15-22)14-21-6-3-9-24(34-10-12-39)27(21)35-11-13-40/h1-9,15-17,34-35,39-40H,10-14H2,(H,36,41). The molecule has 0 aliphatic heterocycles. The van der Waals surface area contributed by atoms with Crippen molar-refractivity contribution < 1.29 is 28.2 Å². The highest BCUT2D eigenvalue weighted by Crippen LogP contribution is 2.31. The highest BCUT2D eigenvalue weighted by atomic mass is 19.4. The van der Waals surface area contributed by atoms with Gasteiger partial charge in [0.25, 0.3) is 5.91 Å². The number of nitriles is 1. The summed E-state index contributed by atoms with van der Waals surface area (Å²) in [6.07, 6.45) is -4.35. The van der Waals surface area contributed by atoms with Crippen LogP contribution in [0.3, 0.4) is 0 Å². The summed E-state index contributed by atoms with van der Waals surface area (Å²) >= 11 is 0. The third-order valence-corrected chi connectivity index (χ3v) is 6.02. The maximum absolute atomic E-state index is 13.5. The highest BCUT2D eigenvalue weighted by Gasteiger charge is 2.36. The van der Waals surface area contributed by atoms with Gasteiger partial charge in [-0.2, -0.15) is 23.5 Å². The van der Waals surface area contributed by atoms with Gasteiger partial charge >= 0.3 is 6.18 Å². The molecule has 9 nitrogen and oxygen atoms in total. The molecule has 4 aromatic rings.